The molecular weight excluding hydrogens is 862 g/mol. The molecule has 0 radical (unpaired) electrons. The highest BCUT2D eigenvalue weighted by molar-refractivity contribution is 14.2. The number of halogens is 2. The van der Waals surface area contributed by atoms with Crippen molar-refractivity contribution in [2.24, 2.45) is 0 Å². The third kappa shape index (κ3) is 6.15. The number of rotatable bonds is 8. The predicted molar refractivity (Wildman–Crippen MR) is 231 cm³/mol. The van der Waals surface area contributed by atoms with Gasteiger partial charge in [0, 0.05) is 91.7 Å². The molecule has 1 aliphatic rings. The second kappa shape index (κ2) is 13.7. The van der Waals surface area contributed by atoms with Crippen molar-refractivity contribution < 1.29 is 0 Å². The molecule has 0 atom stereocenters. The minimum atomic E-state index is -0.166. The van der Waals surface area contributed by atoms with E-state index in [1.807, 2.05) is 0 Å². The van der Waals surface area contributed by atoms with E-state index in [9.17, 15) is 0 Å². The summed E-state index contributed by atoms with van der Waals surface area (Å²) in [6, 6.07) is 57.8. The molecule has 0 amide bonds. The second-order valence-corrected chi connectivity index (χ2v) is 16.7. The highest BCUT2D eigenvalue weighted by atomic mass is 127. The zero-order valence-electron chi connectivity index (χ0n) is 27.0. The van der Waals surface area contributed by atoms with E-state index in [-0.39, 0.29) is 5.41 Å². The monoisotopic (exact) mass is 894 g/mol. The number of anilines is 6. The zero-order chi connectivity index (χ0) is 33.5. The van der Waals surface area contributed by atoms with Gasteiger partial charge in [0.1, 0.15) is 0 Å². The Balaban J connectivity index is 1.22. The van der Waals surface area contributed by atoms with Crippen LogP contribution in [0.1, 0.15) is 25.0 Å². The standard InChI is InChI=1S/C43H32I2N2S2/c1-43(2)41-27-30-25-35(46(31-9-5-3-6-10-31)33-15-20-37(48-44)21-16-33)14-13-29(30)26-40(41)39-24-19-36(28-42(39)43)47(32-11-7-4-8-12-32)34-17-22-38(49-45)23-18-34/h3-28H,1-2H3. The fraction of sp³-hybridized carbons (Fsp3) is 0.0698. The summed E-state index contributed by atoms with van der Waals surface area (Å²) in [7, 11) is 3.48. The Labute approximate surface area is 321 Å². The molecule has 0 N–H and O–H groups in total. The molecule has 0 heterocycles. The van der Waals surface area contributed by atoms with Crippen LogP contribution >= 0.6 is 60.3 Å². The first-order chi connectivity index (χ1) is 23.9. The van der Waals surface area contributed by atoms with E-state index in [0.717, 1.165) is 34.1 Å². The number of hydrogen-bond donors (Lipinski definition) is 0. The van der Waals surface area contributed by atoms with Crippen molar-refractivity contribution in [3.63, 3.8) is 0 Å². The largest absolute Gasteiger partial charge is 0.310 e. The molecule has 7 aromatic rings. The smallest absolute Gasteiger partial charge is 0.0468 e. The topological polar surface area (TPSA) is 6.48 Å². The van der Waals surface area contributed by atoms with Crippen LogP contribution in [0.2, 0.25) is 0 Å². The normalized spacial score (nSPS) is 12.8. The molecule has 0 saturated carbocycles. The summed E-state index contributed by atoms with van der Waals surface area (Å²) < 4.78 is 0. The Morgan fingerprint density at radius 2 is 0.857 bits per heavy atom. The molecule has 1 aliphatic carbocycles. The number of para-hydroxylation sites is 2. The van der Waals surface area contributed by atoms with Crippen molar-refractivity contribution >= 4 is 105 Å². The number of nitrogens with zero attached hydrogens (tertiary/aromatic N) is 2. The van der Waals surface area contributed by atoms with Crippen LogP contribution in [0.15, 0.2) is 168 Å². The van der Waals surface area contributed by atoms with Gasteiger partial charge in [0.2, 0.25) is 0 Å². The third-order valence-electron chi connectivity index (χ3n) is 9.51. The highest BCUT2D eigenvalue weighted by Crippen LogP contribution is 2.52. The number of benzene rings is 7. The molecule has 0 spiro atoms. The van der Waals surface area contributed by atoms with Crippen molar-refractivity contribution in [2.45, 2.75) is 29.1 Å². The molecule has 49 heavy (non-hydrogen) atoms. The quantitative estimate of drug-likeness (QED) is 0.140. The molecule has 2 nitrogen and oxygen atoms in total. The summed E-state index contributed by atoms with van der Waals surface area (Å²) in [4.78, 5) is 7.21. The number of fused-ring (bicyclic) bond motifs is 4. The Bertz CT molecular complexity index is 2270. The van der Waals surface area contributed by atoms with Gasteiger partial charge in [-0.05, 0) is 142 Å². The van der Waals surface area contributed by atoms with E-state index in [1.165, 1.54) is 42.8 Å². The van der Waals surface area contributed by atoms with E-state index in [4.69, 9.17) is 0 Å². The van der Waals surface area contributed by atoms with Gasteiger partial charge < -0.3 is 9.80 Å². The molecule has 7 aromatic carbocycles. The lowest BCUT2D eigenvalue weighted by atomic mass is 9.81. The van der Waals surface area contributed by atoms with Crippen LogP contribution in [0.4, 0.5) is 34.1 Å². The zero-order valence-corrected chi connectivity index (χ0v) is 32.9. The van der Waals surface area contributed by atoms with Gasteiger partial charge >= 0.3 is 0 Å². The van der Waals surface area contributed by atoms with Crippen molar-refractivity contribution in [1.29, 1.82) is 0 Å². The van der Waals surface area contributed by atoms with E-state index in [2.05, 4.69) is 224 Å². The van der Waals surface area contributed by atoms with Crippen molar-refractivity contribution in [2.75, 3.05) is 9.80 Å². The van der Waals surface area contributed by atoms with E-state index in [1.54, 1.807) is 17.9 Å². The average molecular weight is 895 g/mol. The first kappa shape index (κ1) is 32.7. The first-order valence-corrected chi connectivity index (χ1v) is 22.9. The lowest BCUT2D eigenvalue weighted by molar-refractivity contribution is 0.661. The van der Waals surface area contributed by atoms with Crippen molar-refractivity contribution in [1.82, 2.24) is 0 Å². The van der Waals surface area contributed by atoms with Crippen LogP contribution < -0.4 is 9.80 Å². The fourth-order valence-electron chi connectivity index (χ4n) is 7.07. The summed E-state index contributed by atoms with van der Waals surface area (Å²) in [6.07, 6.45) is 0. The molecule has 0 unspecified atom stereocenters. The molecule has 8 rings (SSSR count). The fourth-order valence-corrected chi connectivity index (χ4v) is 9.31. The maximum Gasteiger partial charge on any atom is 0.0468 e. The SMILES string of the molecule is CC1(C)c2cc(N(c3ccccc3)c3ccc(SI)cc3)ccc2-c2cc3ccc(N(c4ccccc4)c4ccc(SI)cc4)cc3cc21. The molecule has 0 saturated heterocycles. The minimum absolute atomic E-state index is 0.166. The van der Waals surface area contributed by atoms with Gasteiger partial charge in [0.25, 0.3) is 0 Å². The molecule has 0 fully saturated rings. The van der Waals surface area contributed by atoms with Gasteiger partial charge in [-0.25, -0.2) is 0 Å². The van der Waals surface area contributed by atoms with Crippen molar-refractivity contribution in [3.8, 4) is 11.1 Å². The average Bonchev–Trinajstić information content (AvgIpc) is 3.37. The Kier molecular flexibility index (Phi) is 9.16. The second-order valence-electron chi connectivity index (χ2n) is 12.8. The van der Waals surface area contributed by atoms with Crippen LogP contribution in [-0.2, 0) is 5.41 Å². The minimum Gasteiger partial charge on any atom is -0.310 e. The van der Waals surface area contributed by atoms with Crippen LogP contribution in [0.3, 0.4) is 0 Å². The molecule has 0 bridgehead atoms. The van der Waals surface area contributed by atoms with E-state index < -0.39 is 0 Å². The lowest BCUT2D eigenvalue weighted by Crippen LogP contribution is -2.16. The molecule has 240 valence electrons. The number of hydrogen-bond acceptors (Lipinski definition) is 4. The molecular formula is C43H32I2N2S2. The van der Waals surface area contributed by atoms with Gasteiger partial charge in [-0.1, -0.05) is 80.2 Å². The summed E-state index contributed by atoms with van der Waals surface area (Å²) in [5.74, 6) is 0. The lowest BCUT2D eigenvalue weighted by Gasteiger charge is -2.28. The van der Waals surface area contributed by atoms with Gasteiger partial charge in [-0.3, -0.25) is 0 Å². The van der Waals surface area contributed by atoms with Crippen LogP contribution in [0.25, 0.3) is 21.9 Å². The van der Waals surface area contributed by atoms with Gasteiger partial charge in [0.05, 0.1) is 0 Å². The maximum atomic E-state index is 2.43. The van der Waals surface area contributed by atoms with E-state index >= 15 is 0 Å². The van der Waals surface area contributed by atoms with Gasteiger partial charge in [-0.15, -0.1) is 0 Å². The summed E-state index contributed by atoms with van der Waals surface area (Å²) in [6.45, 7) is 4.75. The first-order valence-electron chi connectivity index (χ1n) is 16.2. The van der Waals surface area contributed by atoms with Gasteiger partial charge in [0.15, 0.2) is 0 Å². The third-order valence-corrected chi connectivity index (χ3v) is 13.5. The summed E-state index contributed by atoms with van der Waals surface area (Å²) in [5.41, 5.74) is 12.1. The van der Waals surface area contributed by atoms with E-state index in [0.29, 0.717) is 0 Å². The summed E-state index contributed by atoms with van der Waals surface area (Å²) in [5, 5.41) is 2.50. The Hall–Kier alpha value is -3.44. The molecule has 0 aromatic heterocycles. The maximum absolute atomic E-state index is 2.43. The summed E-state index contributed by atoms with van der Waals surface area (Å²) >= 11 is 4.69. The van der Waals surface area contributed by atoms with Crippen LogP contribution in [-0.4, -0.2) is 0 Å². The van der Waals surface area contributed by atoms with Crippen LogP contribution in [0, 0.1) is 0 Å². The van der Waals surface area contributed by atoms with Crippen molar-refractivity contribution in [3.05, 3.63) is 169 Å². The predicted octanol–water partition coefficient (Wildman–Crippen LogP) is 15.0. The molecule has 6 heteroatoms. The Morgan fingerprint density at radius 1 is 0.408 bits per heavy atom. The van der Waals surface area contributed by atoms with Crippen LogP contribution in [0.5, 0.6) is 0 Å². The molecule has 0 aliphatic heterocycles. The Morgan fingerprint density at radius 3 is 1.39 bits per heavy atom. The highest BCUT2D eigenvalue weighted by Gasteiger charge is 2.36. The van der Waals surface area contributed by atoms with Gasteiger partial charge in [-0.2, -0.15) is 0 Å².